The molecule has 0 saturated carbocycles. The van der Waals surface area contributed by atoms with Crippen molar-refractivity contribution >= 4 is 18.0 Å². The number of aromatic nitrogens is 3. The Hall–Kier alpha value is -1.99. The van der Waals surface area contributed by atoms with Gasteiger partial charge < -0.3 is 10.0 Å². The van der Waals surface area contributed by atoms with Crippen LogP contribution in [0.3, 0.4) is 0 Å². The Kier molecular flexibility index (Phi) is 4.75. The van der Waals surface area contributed by atoms with Crippen molar-refractivity contribution in [1.82, 2.24) is 15.0 Å². The molecule has 7 nitrogen and oxygen atoms in total. The molecule has 0 aromatic carbocycles. The second kappa shape index (κ2) is 6.08. The van der Waals surface area contributed by atoms with Crippen LogP contribution >= 0.6 is 0 Å². The van der Waals surface area contributed by atoms with Gasteiger partial charge in [-0.3, -0.25) is 0 Å². The molecule has 0 spiro atoms. The van der Waals surface area contributed by atoms with Crippen LogP contribution in [0.25, 0.3) is 0 Å². The van der Waals surface area contributed by atoms with Gasteiger partial charge in [-0.2, -0.15) is 19.3 Å². The van der Waals surface area contributed by atoms with Gasteiger partial charge in [0.2, 0.25) is 11.9 Å². The molecule has 1 rings (SSSR count). The van der Waals surface area contributed by atoms with Crippen LogP contribution in [0.4, 0.5) is 21.1 Å². The van der Waals surface area contributed by atoms with E-state index in [9.17, 15) is 9.18 Å². The smallest absolute Gasteiger partial charge is 0.414 e. The summed E-state index contributed by atoms with van der Waals surface area (Å²) in [7, 11) is 0. The molecule has 0 aliphatic heterocycles. The molecule has 1 heterocycles. The third-order valence-electron chi connectivity index (χ3n) is 2.42. The first-order valence-corrected chi connectivity index (χ1v) is 5.70. The molecule has 18 heavy (non-hydrogen) atoms. The molecule has 1 aromatic heterocycles. The zero-order valence-electron chi connectivity index (χ0n) is 10.6. The summed E-state index contributed by atoms with van der Waals surface area (Å²) in [5.74, 6) is -0.0541. The molecule has 1 aromatic rings. The highest BCUT2D eigenvalue weighted by atomic mass is 19.1. The molecule has 1 N–H and O–H groups in total. The number of hydrogen-bond acceptors (Lipinski definition) is 5. The van der Waals surface area contributed by atoms with Crippen LogP contribution in [0.5, 0.6) is 0 Å². The van der Waals surface area contributed by atoms with E-state index in [-0.39, 0.29) is 18.4 Å². The van der Waals surface area contributed by atoms with Crippen molar-refractivity contribution in [2.75, 3.05) is 29.4 Å². The minimum Gasteiger partial charge on any atom is -0.465 e. The van der Waals surface area contributed by atoms with Crippen molar-refractivity contribution in [3.05, 3.63) is 6.08 Å². The van der Waals surface area contributed by atoms with E-state index in [4.69, 9.17) is 5.11 Å². The van der Waals surface area contributed by atoms with E-state index in [2.05, 4.69) is 15.0 Å². The molecule has 0 aliphatic carbocycles. The zero-order chi connectivity index (χ0) is 13.7. The van der Waals surface area contributed by atoms with Crippen LogP contribution in [0.15, 0.2) is 0 Å². The lowest BCUT2D eigenvalue weighted by Crippen LogP contribution is -2.32. The minimum atomic E-state index is -1.23. The average molecular weight is 257 g/mol. The highest BCUT2D eigenvalue weighted by Crippen LogP contribution is 2.13. The van der Waals surface area contributed by atoms with Crippen molar-refractivity contribution in [1.29, 1.82) is 0 Å². The summed E-state index contributed by atoms with van der Waals surface area (Å²) >= 11 is 0. The number of carboxylic acid groups (broad SMARTS) is 1. The maximum atomic E-state index is 13.3. The van der Waals surface area contributed by atoms with Crippen molar-refractivity contribution in [2.24, 2.45) is 0 Å². The van der Waals surface area contributed by atoms with Gasteiger partial charge in [-0.15, -0.1) is 0 Å². The van der Waals surface area contributed by atoms with Gasteiger partial charge in [0.15, 0.2) is 0 Å². The first-order valence-electron chi connectivity index (χ1n) is 5.70. The molecular weight excluding hydrogens is 241 g/mol. The molecule has 0 unspecified atom stereocenters. The van der Waals surface area contributed by atoms with Gasteiger partial charge in [0.1, 0.15) is 0 Å². The lowest BCUT2D eigenvalue weighted by Gasteiger charge is -2.20. The molecule has 100 valence electrons. The Morgan fingerprint density at radius 3 is 2.11 bits per heavy atom. The van der Waals surface area contributed by atoms with Crippen molar-refractivity contribution in [3.63, 3.8) is 0 Å². The van der Waals surface area contributed by atoms with Gasteiger partial charge in [-0.05, 0) is 20.8 Å². The number of amides is 1. The molecule has 0 radical (unpaired) electrons. The summed E-state index contributed by atoms with van der Waals surface area (Å²) in [5.41, 5.74) is 0. The molecule has 0 aliphatic rings. The van der Waals surface area contributed by atoms with Crippen LogP contribution in [0.2, 0.25) is 0 Å². The lowest BCUT2D eigenvalue weighted by atomic mass is 10.5. The van der Waals surface area contributed by atoms with Gasteiger partial charge in [0, 0.05) is 19.6 Å². The Morgan fingerprint density at radius 1 is 1.11 bits per heavy atom. The summed E-state index contributed by atoms with van der Waals surface area (Å²) in [4.78, 5) is 24.5. The first kappa shape index (κ1) is 14.1. The molecule has 8 heteroatoms. The third kappa shape index (κ3) is 3.02. The summed E-state index contributed by atoms with van der Waals surface area (Å²) in [6.45, 7) is 6.69. The van der Waals surface area contributed by atoms with E-state index in [0.29, 0.717) is 13.1 Å². The van der Waals surface area contributed by atoms with Gasteiger partial charge in [0.05, 0.1) is 0 Å². The predicted molar refractivity (Wildman–Crippen MR) is 64.4 cm³/mol. The number of hydrogen-bond donors (Lipinski definition) is 1. The molecule has 0 fully saturated rings. The van der Waals surface area contributed by atoms with E-state index in [1.807, 2.05) is 13.8 Å². The average Bonchev–Trinajstić information content (AvgIpc) is 2.30. The van der Waals surface area contributed by atoms with Gasteiger partial charge in [-0.25, -0.2) is 9.69 Å². The lowest BCUT2D eigenvalue weighted by molar-refractivity contribution is 0.201. The van der Waals surface area contributed by atoms with Crippen LogP contribution < -0.4 is 9.80 Å². The van der Waals surface area contributed by atoms with Gasteiger partial charge >= 0.3 is 12.2 Å². The van der Waals surface area contributed by atoms with E-state index in [1.54, 1.807) is 11.8 Å². The van der Waals surface area contributed by atoms with Gasteiger partial charge in [0.25, 0.3) is 0 Å². The molecule has 0 saturated heterocycles. The quantitative estimate of drug-likeness (QED) is 0.857. The predicted octanol–water partition coefficient (Wildman–Crippen LogP) is 1.36. The van der Waals surface area contributed by atoms with Crippen LogP contribution in [0, 0.1) is 6.08 Å². The van der Waals surface area contributed by atoms with Crippen molar-refractivity contribution in [3.8, 4) is 0 Å². The standard InChI is InChI=1S/C10H16FN5O2/c1-4-15(5-2)8-12-7(11)13-9(14-8)16(6-3)10(17)18/h4-6H2,1-3H3,(H,17,18). The highest BCUT2D eigenvalue weighted by Gasteiger charge is 2.19. The maximum Gasteiger partial charge on any atom is 0.414 e. The monoisotopic (exact) mass is 257 g/mol. The second-order valence-electron chi connectivity index (χ2n) is 3.40. The van der Waals surface area contributed by atoms with Gasteiger partial charge in [-0.1, -0.05) is 0 Å². The van der Waals surface area contributed by atoms with E-state index in [1.165, 1.54) is 0 Å². The molecule has 0 bridgehead atoms. The molecular formula is C10H16FN5O2. The number of halogens is 1. The largest absolute Gasteiger partial charge is 0.465 e. The van der Waals surface area contributed by atoms with Crippen LogP contribution in [0.1, 0.15) is 20.8 Å². The molecule has 1 amide bonds. The fraction of sp³-hybridized carbons (Fsp3) is 0.600. The number of carbonyl (C=O) groups is 1. The fourth-order valence-corrected chi connectivity index (χ4v) is 1.46. The Balaban J connectivity index is 3.18. The zero-order valence-corrected chi connectivity index (χ0v) is 10.6. The van der Waals surface area contributed by atoms with E-state index >= 15 is 0 Å². The minimum absolute atomic E-state index is 0.135. The number of anilines is 2. The summed E-state index contributed by atoms with van der Waals surface area (Å²) in [6, 6.07) is 0. The topological polar surface area (TPSA) is 82.5 Å². The molecule has 0 atom stereocenters. The third-order valence-corrected chi connectivity index (χ3v) is 2.42. The van der Waals surface area contributed by atoms with Crippen LogP contribution in [-0.4, -0.2) is 45.8 Å². The normalized spacial score (nSPS) is 10.2. The SMILES string of the molecule is CCN(CC)c1nc(F)nc(N(CC)C(=O)O)n1. The van der Waals surface area contributed by atoms with Crippen molar-refractivity contribution in [2.45, 2.75) is 20.8 Å². The Labute approximate surface area is 104 Å². The van der Waals surface area contributed by atoms with Crippen molar-refractivity contribution < 1.29 is 14.3 Å². The summed E-state index contributed by atoms with van der Waals surface area (Å²) < 4.78 is 13.3. The fourth-order valence-electron chi connectivity index (χ4n) is 1.46. The number of nitrogens with zero attached hydrogens (tertiary/aromatic N) is 5. The second-order valence-corrected chi connectivity index (χ2v) is 3.40. The summed E-state index contributed by atoms with van der Waals surface area (Å²) in [6.07, 6.45) is -2.21. The Bertz CT molecular complexity index is 425. The van der Waals surface area contributed by atoms with E-state index < -0.39 is 12.2 Å². The maximum absolute atomic E-state index is 13.3. The van der Waals surface area contributed by atoms with Crippen LogP contribution in [-0.2, 0) is 0 Å². The summed E-state index contributed by atoms with van der Waals surface area (Å²) in [5, 5.41) is 8.95. The van der Waals surface area contributed by atoms with E-state index in [0.717, 1.165) is 4.90 Å². The first-order chi connectivity index (χ1) is 8.53. The number of rotatable bonds is 5. The Morgan fingerprint density at radius 2 is 1.67 bits per heavy atom. The highest BCUT2D eigenvalue weighted by molar-refractivity contribution is 5.83.